The number of anilines is 2. The fraction of sp³-hybridized carbons (Fsp3) is 0.673. The summed E-state index contributed by atoms with van der Waals surface area (Å²) in [6.07, 6.45) is 13.8. The van der Waals surface area contributed by atoms with Crippen molar-refractivity contribution >= 4 is 40.7 Å². The number of allylic oxidation sites excluding steroid dienone is 4. The Kier molecular flexibility index (Phi) is 11.6. The van der Waals surface area contributed by atoms with E-state index in [1.54, 1.807) is 5.48 Å². The quantitative estimate of drug-likeness (QED) is 0.121. The van der Waals surface area contributed by atoms with Crippen LogP contribution in [-0.2, 0) is 24.0 Å². The number of benzene rings is 1. The van der Waals surface area contributed by atoms with Crippen LogP contribution in [0.25, 0.3) is 0 Å². The number of hydroxylamine groups is 1. The largest absolute Gasteiger partial charge is 0.368 e. The van der Waals surface area contributed by atoms with Crippen molar-refractivity contribution in [1.29, 1.82) is 5.26 Å². The van der Waals surface area contributed by atoms with Gasteiger partial charge in [0.15, 0.2) is 11.6 Å². The molecular weight excluding hydrogens is 755 g/mol. The van der Waals surface area contributed by atoms with Crippen LogP contribution in [-0.4, -0.2) is 65.6 Å². The van der Waals surface area contributed by atoms with Gasteiger partial charge < -0.3 is 15.1 Å². The zero-order chi connectivity index (χ0) is 43.5. The zero-order valence-corrected chi connectivity index (χ0v) is 37.0. The maximum absolute atomic E-state index is 14.8. The normalized spacial score (nSPS) is 35.7. The minimum Gasteiger partial charge on any atom is -0.368 e. The van der Waals surface area contributed by atoms with Crippen molar-refractivity contribution in [3.63, 3.8) is 0 Å². The SMILES string of the molecule is CC1(C)C(=O)C(C#N)=C[C@@]2(C)C1CC[C@]1(C)C2C(=O)C=C2[C@@H]3C[C@@](C)(C(=O)N4CCN(c5ccc(NC(=O)CCCCCCC(=O)NO)cc5)CC4)CC[C@]3(C)CC[C@]21C. The van der Waals surface area contributed by atoms with Crippen LogP contribution >= 0.6 is 0 Å². The number of fused-ring (bicyclic) bond motifs is 7. The molecule has 1 aromatic rings. The average molecular weight is 822 g/mol. The first-order valence-corrected chi connectivity index (χ1v) is 22.6. The molecule has 8 atom stereocenters. The Morgan fingerprint density at radius 1 is 0.833 bits per heavy atom. The number of carbonyl (C=O) groups is 5. The van der Waals surface area contributed by atoms with Gasteiger partial charge in [0.1, 0.15) is 6.07 Å². The molecule has 3 amide bonds. The van der Waals surface area contributed by atoms with Crippen LogP contribution in [0.3, 0.4) is 0 Å². The molecule has 2 unspecified atom stereocenters. The number of rotatable bonds is 10. The number of hydrogen-bond acceptors (Lipinski definition) is 8. The molecule has 11 nitrogen and oxygen atoms in total. The Balaban J connectivity index is 0.999. The van der Waals surface area contributed by atoms with Crippen LogP contribution in [0.1, 0.15) is 132 Å². The van der Waals surface area contributed by atoms with E-state index in [4.69, 9.17) is 5.21 Å². The molecule has 0 aromatic heterocycles. The van der Waals surface area contributed by atoms with E-state index in [1.165, 1.54) is 5.57 Å². The van der Waals surface area contributed by atoms with Crippen molar-refractivity contribution in [2.45, 2.75) is 132 Å². The first kappa shape index (κ1) is 43.8. The standard InChI is InChI=1S/C49H67N5O6/c1-44(2)38-18-19-49(7)41(47(38,5)29-32(31-50)42(44)58)37(55)28-35-36-30-46(4,21-20-45(36,3)22-23-48(35,49)6)43(59)54-26-24-53(25-27-54)34-16-14-33(15-17-34)51-39(56)12-10-8-9-11-13-40(57)52-60/h14-17,28-29,36,38,41,60H,8-13,18-27,30H2,1-7H3,(H,51,56)(H,52,57)/t36-,38?,41?,45+,46-,47-,48+,49+/m0/s1. The van der Waals surface area contributed by atoms with Crippen LogP contribution in [0.5, 0.6) is 0 Å². The van der Waals surface area contributed by atoms with Gasteiger partial charge in [-0.2, -0.15) is 5.26 Å². The summed E-state index contributed by atoms with van der Waals surface area (Å²) in [5.41, 5.74) is 2.41. The summed E-state index contributed by atoms with van der Waals surface area (Å²) in [5, 5.41) is 21.6. The highest BCUT2D eigenvalue weighted by molar-refractivity contribution is 6.05. The second kappa shape index (κ2) is 15.9. The number of amides is 3. The molecular formula is C49H67N5O6. The molecule has 0 radical (unpaired) electrons. The van der Waals surface area contributed by atoms with Gasteiger partial charge in [0, 0.05) is 72.6 Å². The second-order valence-electron chi connectivity index (χ2n) is 21.2. The molecule has 3 saturated carbocycles. The monoisotopic (exact) mass is 822 g/mol. The first-order chi connectivity index (χ1) is 28.3. The van der Waals surface area contributed by atoms with Gasteiger partial charge in [-0.15, -0.1) is 0 Å². The number of nitrogens with zero attached hydrogens (tertiary/aromatic N) is 3. The van der Waals surface area contributed by atoms with E-state index >= 15 is 0 Å². The third-order valence-corrected chi connectivity index (χ3v) is 17.3. The molecule has 3 N–H and O–H groups in total. The molecule has 7 rings (SSSR count). The van der Waals surface area contributed by atoms with Crippen molar-refractivity contribution in [2.75, 3.05) is 36.4 Å². The van der Waals surface area contributed by atoms with Crippen molar-refractivity contribution in [2.24, 2.45) is 50.2 Å². The molecule has 5 aliphatic carbocycles. The lowest BCUT2D eigenvalue weighted by molar-refractivity contribution is -0.171. The van der Waals surface area contributed by atoms with Gasteiger partial charge in [-0.1, -0.05) is 73.0 Å². The third-order valence-electron chi connectivity index (χ3n) is 17.3. The highest BCUT2D eigenvalue weighted by Crippen LogP contribution is 2.74. The fourth-order valence-corrected chi connectivity index (χ4v) is 13.5. The lowest BCUT2D eigenvalue weighted by atomic mass is 9.34. The van der Waals surface area contributed by atoms with E-state index in [0.29, 0.717) is 25.9 Å². The van der Waals surface area contributed by atoms with Crippen molar-refractivity contribution in [3.8, 4) is 6.07 Å². The highest BCUT2D eigenvalue weighted by atomic mass is 16.5. The summed E-state index contributed by atoms with van der Waals surface area (Å²) >= 11 is 0. The number of piperazine rings is 1. The van der Waals surface area contributed by atoms with Gasteiger partial charge in [-0.3, -0.25) is 29.2 Å². The van der Waals surface area contributed by atoms with Gasteiger partial charge in [-0.05, 0) is 116 Å². The number of nitrogens with one attached hydrogen (secondary N) is 2. The zero-order valence-electron chi connectivity index (χ0n) is 37.0. The number of nitriles is 1. The third kappa shape index (κ3) is 7.22. The molecule has 6 aliphatic rings. The highest BCUT2D eigenvalue weighted by Gasteiger charge is 2.70. The Bertz CT molecular complexity index is 2030. The number of unbranched alkanes of at least 4 members (excludes halogenated alkanes) is 3. The van der Waals surface area contributed by atoms with E-state index in [0.717, 1.165) is 88.7 Å². The van der Waals surface area contributed by atoms with Gasteiger partial charge in [0.05, 0.1) is 5.57 Å². The minimum atomic E-state index is -0.722. The van der Waals surface area contributed by atoms with E-state index < -0.39 is 16.2 Å². The molecule has 0 bridgehead atoms. The average Bonchev–Trinajstić information content (AvgIpc) is 3.22. The smallest absolute Gasteiger partial charge is 0.243 e. The molecule has 1 aromatic carbocycles. The van der Waals surface area contributed by atoms with Crippen LogP contribution in [0.4, 0.5) is 11.4 Å². The van der Waals surface area contributed by atoms with Crippen molar-refractivity contribution in [1.82, 2.24) is 10.4 Å². The number of Topliss-reactive ketones (excluding diaryl/α,β-unsaturated/α-hetero) is 1. The van der Waals surface area contributed by atoms with E-state index in [-0.39, 0.29) is 75.3 Å². The summed E-state index contributed by atoms with van der Waals surface area (Å²) in [4.78, 5) is 70.9. The van der Waals surface area contributed by atoms with Gasteiger partial charge in [0.25, 0.3) is 0 Å². The lowest BCUT2D eigenvalue weighted by Gasteiger charge is -2.69. The number of carbonyl (C=O) groups excluding carboxylic acids is 5. The van der Waals surface area contributed by atoms with E-state index in [2.05, 4.69) is 55.8 Å². The summed E-state index contributed by atoms with van der Waals surface area (Å²) in [6.45, 7) is 18.0. The van der Waals surface area contributed by atoms with E-state index in [1.807, 2.05) is 50.3 Å². The predicted octanol–water partition coefficient (Wildman–Crippen LogP) is 8.34. The molecule has 60 heavy (non-hydrogen) atoms. The maximum Gasteiger partial charge on any atom is 0.243 e. The summed E-state index contributed by atoms with van der Waals surface area (Å²) in [7, 11) is 0. The van der Waals surface area contributed by atoms with Crippen LogP contribution in [0, 0.1) is 61.6 Å². The Hall–Kier alpha value is -4.30. The Labute approximate surface area is 356 Å². The second-order valence-corrected chi connectivity index (χ2v) is 21.2. The molecule has 1 heterocycles. The molecule has 4 fully saturated rings. The number of ketones is 2. The van der Waals surface area contributed by atoms with E-state index in [9.17, 15) is 29.2 Å². The molecule has 11 heteroatoms. The van der Waals surface area contributed by atoms with Gasteiger partial charge in [-0.25, -0.2) is 5.48 Å². The maximum atomic E-state index is 14.8. The summed E-state index contributed by atoms with van der Waals surface area (Å²) in [6, 6.07) is 10.1. The van der Waals surface area contributed by atoms with Crippen molar-refractivity contribution < 1.29 is 29.2 Å². The van der Waals surface area contributed by atoms with Crippen molar-refractivity contribution in [3.05, 3.63) is 47.6 Å². The molecule has 1 aliphatic heterocycles. The minimum absolute atomic E-state index is 0.00878. The summed E-state index contributed by atoms with van der Waals surface area (Å²) in [5.74, 6) is -0.434. The summed E-state index contributed by atoms with van der Waals surface area (Å²) < 4.78 is 0. The van der Waals surface area contributed by atoms with Gasteiger partial charge in [0.2, 0.25) is 17.7 Å². The first-order valence-electron chi connectivity index (χ1n) is 22.6. The topological polar surface area (TPSA) is 160 Å². The van der Waals surface area contributed by atoms with Crippen LogP contribution in [0.2, 0.25) is 0 Å². The lowest BCUT2D eigenvalue weighted by Crippen LogP contribution is -2.65. The molecule has 324 valence electrons. The Morgan fingerprint density at radius 3 is 2.10 bits per heavy atom. The van der Waals surface area contributed by atoms with Crippen LogP contribution in [0.15, 0.2) is 47.6 Å². The van der Waals surface area contributed by atoms with Crippen LogP contribution < -0.4 is 15.7 Å². The van der Waals surface area contributed by atoms with Gasteiger partial charge >= 0.3 is 0 Å². The molecule has 1 saturated heterocycles. The number of hydrogen-bond donors (Lipinski definition) is 3. The predicted molar refractivity (Wildman–Crippen MR) is 230 cm³/mol. The molecule has 0 spiro atoms. The fourth-order valence-electron chi connectivity index (χ4n) is 13.5. The Morgan fingerprint density at radius 2 is 1.47 bits per heavy atom.